The first-order chi connectivity index (χ1) is 47.0. The van der Waals surface area contributed by atoms with Gasteiger partial charge in [-0.3, -0.25) is 4.79 Å². The van der Waals surface area contributed by atoms with Gasteiger partial charge in [-0.25, -0.2) is 0 Å². The quantitative estimate of drug-likeness (QED) is 0.173. The van der Waals surface area contributed by atoms with Crippen LogP contribution in [0.4, 0.5) is 0 Å². The molecule has 0 amide bonds. The number of aliphatic hydroxyl groups is 5. The van der Waals surface area contributed by atoms with Crippen LogP contribution < -0.4 is 0 Å². The van der Waals surface area contributed by atoms with Crippen molar-refractivity contribution in [1.82, 2.24) is 0 Å². The second-order valence-corrected chi connectivity index (χ2v) is 42.2. The number of carbonyl (C=O) groups excluding carboxylic acids is 1. The standard InChI is InChI=1S/C23H38O3.C23H38O2.C22H36O3.C21H34O2/c1-15-6-8-21(2)17(12-15)4-5-18-19-7-9-23(25-10-11-26-23)22(19,3)13-16(14-24)20(18)21;1-14(2)19-7-8-20-18-6-5-16-11-17(25)9-10-22(16,3)21(18)15(13-24)12-23(19,20)4;1-14-6-8-20(2)15(12-14)4-5-16-17-7-9-22(24-10-11-25-22)21(17,3)13-18(23)19(16)20;1-13-8-9-20(2)15(10-13)4-5-16-17-6-7-18(23)21(17,3)11-14(12-22)19(16)20/h15-20,24H,4-14H2,1-3H3;15-18,20-21,24-25H,5-13H2,1-4H3;14-19,23H,4-13H2,1-3H3;13-17,19,22H,4-12H2,1-3H3/t15-,16-,17+,18+,19+,20+,21+,22+;15-,16+,17-,18+,20+,21+,22+,23-;14-,15+,16+,17+,18+,19-,20+,21+;13-,14-,15+,16+,17+,19+,20+,21+/m1111/s1. The normalized spacial score (nSPS) is 55.2. The van der Waals surface area contributed by atoms with Crippen LogP contribution >= 0.6 is 0 Å². The van der Waals surface area contributed by atoms with E-state index in [0.29, 0.717) is 123 Å². The lowest BCUT2D eigenvalue weighted by Gasteiger charge is -2.64. The van der Waals surface area contributed by atoms with E-state index in [9.17, 15) is 30.3 Å². The van der Waals surface area contributed by atoms with Crippen LogP contribution in [0.1, 0.15) is 295 Å². The van der Waals surface area contributed by atoms with Crippen LogP contribution in [0.15, 0.2) is 11.1 Å². The molecule has 562 valence electrons. The lowest BCUT2D eigenvalue weighted by molar-refractivity contribution is -0.264. The van der Waals surface area contributed by atoms with Gasteiger partial charge in [0.15, 0.2) is 11.6 Å². The predicted molar refractivity (Wildman–Crippen MR) is 392 cm³/mol. The minimum absolute atomic E-state index is 0.00472. The molecule has 16 aliphatic carbocycles. The minimum Gasteiger partial charge on any atom is -0.396 e. The van der Waals surface area contributed by atoms with Crippen LogP contribution in [-0.2, 0) is 23.7 Å². The maximum absolute atomic E-state index is 12.6. The Morgan fingerprint density at radius 1 is 0.394 bits per heavy atom. The highest BCUT2D eigenvalue weighted by molar-refractivity contribution is 5.87. The van der Waals surface area contributed by atoms with Gasteiger partial charge in [0.1, 0.15) is 5.78 Å². The average molecular weight is 1380 g/mol. The molecule has 18 fully saturated rings. The summed E-state index contributed by atoms with van der Waals surface area (Å²) < 4.78 is 25.0. The van der Waals surface area contributed by atoms with E-state index in [1.54, 1.807) is 5.57 Å². The summed E-state index contributed by atoms with van der Waals surface area (Å²) in [5, 5.41) is 52.7. The van der Waals surface area contributed by atoms with Gasteiger partial charge in [0, 0.05) is 55.3 Å². The first-order valence-electron chi connectivity index (χ1n) is 43.0. The van der Waals surface area contributed by atoms with Crippen molar-refractivity contribution in [3.63, 3.8) is 0 Å². The monoisotopic (exact) mass is 1380 g/mol. The Bertz CT molecular complexity index is 2930. The molecule has 16 saturated carbocycles. The van der Waals surface area contributed by atoms with E-state index in [0.717, 1.165) is 144 Å². The van der Waals surface area contributed by atoms with Crippen molar-refractivity contribution in [3.05, 3.63) is 11.1 Å². The summed E-state index contributed by atoms with van der Waals surface area (Å²) in [6.45, 7) is 35.5. The maximum atomic E-state index is 12.6. The SMILES string of the molecule is CC(C)=C1CC[C@H]2[C@@H]3CC[C@H]4C[C@H](O)CC[C@]4(C)[C@H]3[C@@H](CO)C[C@]12C.C[C@@H]1CC[C@@]2(C)[C@@H](CC[C@@H]3[C@@H]2[C@@H](CO)C[C@@]2(C)[C@H]3CCC23OCCO3)C1.C[C@@H]1CC[C@@]2(C)[C@@H](CC[C@@H]3[C@@H]2[C@@H](CO)C[C@]2(C)C(=O)CC[C@@H]32)C1.C[C@@H]1CC[C@@]2(C)[C@@H](CC[C@@H]3[C@@H]2[C@@H](O)C[C@@]2(C)[C@H]3CCC23OCCO3)C1. The molecule has 10 heteroatoms. The van der Waals surface area contributed by atoms with Crippen LogP contribution in [0.5, 0.6) is 0 Å². The third-order valence-corrected chi connectivity index (χ3v) is 38.0. The van der Waals surface area contributed by atoms with Crippen molar-refractivity contribution in [2.75, 3.05) is 46.2 Å². The number of rotatable bonds is 3. The fourth-order valence-electron chi connectivity index (χ4n) is 33.7. The zero-order chi connectivity index (χ0) is 70.0. The van der Waals surface area contributed by atoms with E-state index in [2.05, 4.69) is 90.0 Å². The molecule has 2 heterocycles. The summed E-state index contributed by atoms with van der Waals surface area (Å²) in [6, 6.07) is 0. The Morgan fingerprint density at radius 2 is 0.758 bits per heavy atom. The molecule has 2 saturated heterocycles. The number of ether oxygens (including phenoxy) is 4. The summed E-state index contributed by atoms with van der Waals surface area (Å²) in [5.41, 5.74) is 5.06. The van der Waals surface area contributed by atoms with E-state index >= 15 is 0 Å². The predicted octanol–water partition coefficient (Wildman–Crippen LogP) is 18.4. The lowest BCUT2D eigenvalue weighted by atomic mass is 9.42. The van der Waals surface area contributed by atoms with E-state index in [1.165, 1.54) is 147 Å². The molecule has 0 radical (unpaired) electrons. The second-order valence-electron chi connectivity index (χ2n) is 42.2. The summed E-state index contributed by atoms with van der Waals surface area (Å²) >= 11 is 0. The van der Waals surface area contributed by atoms with Gasteiger partial charge < -0.3 is 44.5 Å². The number of hydrogen-bond acceptors (Lipinski definition) is 10. The number of hydrogen-bond donors (Lipinski definition) is 5. The fourth-order valence-corrected chi connectivity index (χ4v) is 33.7. The molecule has 18 rings (SSSR count). The third kappa shape index (κ3) is 11.3. The van der Waals surface area contributed by atoms with Gasteiger partial charge in [-0.2, -0.15) is 0 Å². The van der Waals surface area contributed by atoms with Crippen molar-refractivity contribution >= 4 is 5.78 Å². The molecular weight excluding hydrogens is 1230 g/mol. The van der Waals surface area contributed by atoms with Crippen LogP contribution in [0.2, 0.25) is 0 Å². The van der Waals surface area contributed by atoms with Gasteiger partial charge in [0.2, 0.25) is 0 Å². The second kappa shape index (κ2) is 26.7. The topological polar surface area (TPSA) is 155 Å². The molecule has 5 N–H and O–H groups in total. The largest absolute Gasteiger partial charge is 0.396 e. The highest BCUT2D eigenvalue weighted by Crippen LogP contribution is 2.75. The molecule has 99 heavy (non-hydrogen) atoms. The van der Waals surface area contributed by atoms with Gasteiger partial charge in [-0.05, 0) is 338 Å². The summed E-state index contributed by atoms with van der Waals surface area (Å²) in [5.74, 6) is 15.0. The molecule has 0 bridgehead atoms. The first kappa shape index (κ1) is 73.6. The summed E-state index contributed by atoms with van der Waals surface area (Å²) in [7, 11) is 0. The average Bonchev–Trinajstić information content (AvgIpc) is 1.63. The van der Waals surface area contributed by atoms with Crippen molar-refractivity contribution < 1.29 is 49.3 Å². The first-order valence-corrected chi connectivity index (χ1v) is 43.0. The minimum atomic E-state index is -0.400. The number of ketones is 1. The van der Waals surface area contributed by atoms with Crippen LogP contribution in [-0.4, -0.2) is 101 Å². The Balaban J connectivity index is 0.000000108. The molecule has 0 aromatic rings. The fraction of sp³-hybridized carbons (Fsp3) is 0.966. The number of Topliss-reactive ketones (excluding diaryl/α,β-unsaturated/α-hetero) is 1. The van der Waals surface area contributed by atoms with Crippen LogP contribution in [0, 0.1) is 174 Å². The van der Waals surface area contributed by atoms with Crippen molar-refractivity contribution in [2.45, 2.75) is 319 Å². The number of fused-ring (bicyclic) bond motifs is 22. The van der Waals surface area contributed by atoms with E-state index in [1.807, 2.05) is 0 Å². The van der Waals surface area contributed by atoms with Crippen LogP contribution in [0.3, 0.4) is 0 Å². The molecular formula is C89H146O10. The van der Waals surface area contributed by atoms with E-state index < -0.39 is 5.79 Å². The third-order valence-electron chi connectivity index (χ3n) is 38.0. The van der Waals surface area contributed by atoms with Gasteiger partial charge >= 0.3 is 0 Å². The van der Waals surface area contributed by atoms with Gasteiger partial charge in [-0.15, -0.1) is 0 Å². The van der Waals surface area contributed by atoms with E-state index in [4.69, 9.17) is 18.9 Å². The highest BCUT2D eigenvalue weighted by atomic mass is 16.7. The molecule has 32 atom stereocenters. The molecule has 0 aromatic heterocycles. The number of allylic oxidation sites excluding steroid dienone is 2. The summed E-state index contributed by atoms with van der Waals surface area (Å²) in [4.78, 5) is 12.6. The van der Waals surface area contributed by atoms with Crippen molar-refractivity contribution in [2.24, 2.45) is 174 Å². The van der Waals surface area contributed by atoms with Gasteiger partial charge in [0.25, 0.3) is 0 Å². The Morgan fingerprint density at radius 3 is 1.20 bits per heavy atom. The summed E-state index contributed by atoms with van der Waals surface area (Å²) in [6.07, 6.45) is 39.1. The zero-order valence-electron chi connectivity index (χ0n) is 65.2. The Kier molecular flexibility index (Phi) is 19.9. The number of aliphatic hydroxyl groups excluding tert-OH is 5. The zero-order valence-corrected chi connectivity index (χ0v) is 65.2. The number of carbonyl (C=O) groups is 1. The van der Waals surface area contributed by atoms with Crippen molar-refractivity contribution in [3.8, 4) is 0 Å². The molecule has 2 aliphatic heterocycles. The van der Waals surface area contributed by atoms with Crippen molar-refractivity contribution in [1.29, 1.82) is 0 Å². The van der Waals surface area contributed by atoms with Gasteiger partial charge in [-0.1, -0.05) is 107 Å². The highest BCUT2D eigenvalue weighted by Gasteiger charge is 2.72. The molecule has 2 spiro atoms. The smallest absolute Gasteiger partial charge is 0.174 e. The Hall–Kier alpha value is -0.950. The van der Waals surface area contributed by atoms with E-state index in [-0.39, 0.29) is 40.8 Å². The lowest BCUT2D eigenvalue weighted by Crippen LogP contribution is -2.61. The molecule has 0 unspecified atom stereocenters. The maximum Gasteiger partial charge on any atom is 0.174 e. The van der Waals surface area contributed by atoms with Gasteiger partial charge in [0.05, 0.1) is 38.6 Å². The Labute approximate surface area is 602 Å². The van der Waals surface area contributed by atoms with Crippen LogP contribution in [0.25, 0.3) is 0 Å². The molecule has 10 nitrogen and oxygen atoms in total. The molecule has 18 aliphatic rings. The molecule has 0 aromatic carbocycles.